The van der Waals surface area contributed by atoms with Crippen molar-refractivity contribution in [1.82, 2.24) is 15.5 Å². The van der Waals surface area contributed by atoms with Crippen molar-refractivity contribution < 1.29 is 9.53 Å². The first kappa shape index (κ1) is 16.7. The van der Waals surface area contributed by atoms with E-state index in [4.69, 9.17) is 4.74 Å². The van der Waals surface area contributed by atoms with Crippen molar-refractivity contribution in [1.29, 1.82) is 0 Å². The first-order chi connectivity index (χ1) is 12.3. The number of benzene rings is 1. The Morgan fingerprint density at radius 2 is 1.96 bits per heavy atom. The Morgan fingerprint density at radius 1 is 1.12 bits per heavy atom. The number of likely N-dealkylation sites (tertiary alicyclic amines) is 1. The third kappa shape index (κ3) is 4.46. The highest BCUT2D eigenvalue weighted by Crippen LogP contribution is 2.31. The van der Waals surface area contributed by atoms with E-state index in [0.717, 1.165) is 43.3 Å². The maximum Gasteiger partial charge on any atom is 0.315 e. The van der Waals surface area contributed by atoms with Crippen LogP contribution in [0, 0.1) is 5.92 Å². The molecule has 1 unspecified atom stereocenters. The largest absolute Gasteiger partial charge is 0.490 e. The van der Waals surface area contributed by atoms with Crippen molar-refractivity contribution in [2.75, 3.05) is 19.6 Å². The van der Waals surface area contributed by atoms with E-state index in [1.807, 2.05) is 24.3 Å². The van der Waals surface area contributed by atoms with Crippen molar-refractivity contribution in [2.24, 2.45) is 5.92 Å². The van der Waals surface area contributed by atoms with Gasteiger partial charge >= 0.3 is 6.03 Å². The van der Waals surface area contributed by atoms with Gasteiger partial charge in [0.2, 0.25) is 0 Å². The van der Waals surface area contributed by atoms with Gasteiger partial charge in [-0.25, -0.2) is 4.79 Å². The molecular formula is C20H29N3O2. The average Bonchev–Trinajstić information content (AvgIpc) is 3.34. The van der Waals surface area contributed by atoms with Gasteiger partial charge in [0.15, 0.2) is 0 Å². The van der Waals surface area contributed by atoms with Gasteiger partial charge in [0.25, 0.3) is 0 Å². The van der Waals surface area contributed by atoms with Gasteiger partial charge in [0, 0.05) is 31.2 Å². The van der Waals surface area contributed by atoms with E-state index >= 15 is 0 Å². The van der Waals surface area contributed by atoms with Gasteiger partial charge in [-0.3, -0.25) is 0 Å². The minimum Gasteiger partial charge on any atom is -0.490 e. The van der Waals surface area contributed by atoms with E-state index in [1.54, 1.807) is 0 Å². The summed E-state index contributed by atoms with van der Waals surface area (Å²) in [6.07, 6.45) is 7.82. The van der Waals surface area contributed by atoms with E-state index < -0.39 is 0 Å². The SMILES string of the molecule is O=C(NCc1ccccc1OC1CCC1)NCC1CCN(C2CC2)C1. The number of urea groups is 1. The topological polar surface area (TPSA) is 53.6 Å². The molecule has 3 fully saturated rings. The molecule has 1 atom stereocenters. The van der Waals surface area contributed by atoms with Crippen LogP contribution in [0.3, 0.4) is 0 Å². The molecule has 0 aromatic heterocycles. The van der Waals surface area contributed by atoms with Crippen molar-refractivity contribution in [3.05, 3.63) is 29.8 Å². The molecule has 1 aromatic rings. The maximum absolute atomic E-state index is 12.1. The number of carbonyl (C=O) groups excluding carboxylic acids is 1. The maximum atomic E-state index is 12.1. The molecule has 0 radical (unpaired) electrons. The van der Waals surface area contributed by atoms with Gasteiger partial charge in [0.1, 0.15) is 5.75 Å². The molecule has 1 heterocycles. The predicted octanol–water partition coefficient (Wildman–Crippen LogP) is 2.90. The van der Waals surface area contributed by atoms with E-state index in [0.29, 0.717) is 18.6 Å². The molecule has 2 N–H and O–H groups in total. The fraction of sp³-hybridized carbons (Fsp3) is 0.650. The minimum atomic E-state index is -0.0803. The van der Waals surface area contributed by atoms with Crippen molar-refractivity contribution in [3.8, 4) is 5.75 Å². The molecular weight excluding hydrogens is 314 g/mol. The normalized spacial score (nSPS) is 23.9. The Bertz CT molecular complexity index is 598. The number of hydrogen-bond acceptors (Lipinski definition) is 3. The summed E-state index contributed by atoms with van der Waals surface area (Å²) in [5, 5.41) is 6.02. The van der Waals surface area contributed by atoms with Crippen LogP contribution < -0.4 is 15.4 Å². The number of rotatable bonds is 7. The lowest BCUT2D eigenvalue weighted by Crippen LogP contribution is -2.38. The molecule has 1 aliphatic heterocycles. The zero-order valence-corrected chi connectivity index (χ0v) is 14.9. The summed E-state index contributed by atoms with van der Waals surface area (Å²) in [5.74, 6) is 1.50. The lowest BCUT2D eigenvalue weighted by molar-refractivity contribution is 0.119. The minimum absolute atomic E-state index is 0.0803. The highest BCUT2D eigenvalue weighted by molar-refractivity contribution is 5.73. The molecule has 5 nitrogen and oxygen atoms in total. The van der Waals surface area contributed by atoms with Crippen LogP contribution >= 0.6 is 0 Å². The molecule has 136 valence electrons. The van der Waals surface area contributed by atoms with Crippen LogP contribution in [0.4, 0.5) is 4.79 Å². The summed E-state index contributed by atoms with van der Waals surface area (Å²) < 4.78 is 6.02. The van der Waals surface area contributed by atoms with E-state index in [2.05, 4.69) is 15.5 Å². The lowest BCUT2D eigenvalue weighted by Gasteiger charge is -2.27. The highest BCUT2D eigenvalue weighted by Gasteiger charge is 2.34. The van der Waals surface area contributed by atoms with Gasteiger partial charge in [0.05, 0.1) is 6.10 Å². The number of nitrogens with zero attached hydrogens (tertiary/aromatic N) is 1. The number of amides is 2. The summed E-state index contributed by atoms with van der Waals surface area (Å²) in [6, 6.07) is 8.77. The molecule has 5 heteroatoms. The van der Waals surface area contributed by atoms with Crippen LogP contribution in [0.25, 0.3) is 0 Å². The third-order valence-electron chi connectivity index (χ3n) is 5.69. The Labute approximate surface area is 150 Å². The highest BCUT2D eigenvalue weighted by atomic mass is 16.5. The van der Waals surface area contributed by atoms with E-state index in [9.17, 15) is 4.79 Å². The number of para-hydroxylation sites is 1. The summed E-state index contributed by atoms with van der Waals surface area (Å²) in [4.78, 5) is 14.7. The first-order valence-corrected chi connectivity index (χ1v) is 9.78. The average molecular weight is 343 g/mol. The van der Waals surface area contributed by atoms with Crippen LogP contribution in [0.15, 0.2) is 24.3 Å². The van der Waals surface area contributed by atoms with Crippen LogP contribution in [0.5, 0.6) is 5.75 Å². The smallest absolute Gasteiger partial charge is 0.315 e. The van der Waals surface area contributed by atoms with Crippen LogP contribution in [0.2, 0.25) is 0 Å². The number of hydrogen-bond donors (Lipinski definition) is 2. The summed E-state index contributed by atoms with van der Waals surface area (Å²) in [7, 11) is 0. The number of ether oxygens (including phenoxy) is 1. The summed E-state index contributed by atoms with van der Waals surface area (Å²) >= 11 is 0. The first-order valence-electron chi connectivity index (χ1n) is 9.78. The van der Waals surface area contributed by atoms with Gasteiger partial charge in [-0.1, -0.05) is 18.2 Å². The molecule has 1 aromatic carbocycles. The van der Waals surface area contributed by atoms with Gasteiger partial charge in [-0.2, -0.15) is 0 Å². The lowest BCUT2D eigenvalue weighted by atomic mass is 9.96. The Balaban J connectivity index is 1.19. The van der Waals surface area contributed by atoms with Crippen molar-refractivity contribution in [2.45, 2.75) is 57.2 Å². The third-order valence-corrected chi connectivity index (χ3v) is 5.69. The molecule has 1 saturated heterocycles. The molecule has 4 rings (SSSR count). The standard InChI is InChI=1S/C20H29N3O2/c24-20(21-12-15-10-11-23(14-15)17-8-9-17)22-13-16-4-1-2-7-19(16)25-18-5-3-6-18/h1-2,4,7,15,17-18H,3,5-6,8-14H2,(H2,21,22,24). The molecule has 2 aliphatic carbocycles. The number of nitrogens with one attached hydrogen (secondary N) is 2. The summed E-state index contributed by atoms with van der Waals surface area (Å²) in [5.41, 5.74) is 1.05. The quantitative estimate of drug-likeness (QED) is 0.800. The molecule has 2 saturated carbocycles. The zero-order valence-electron chi connectivity index (χ0n) is 14.9. The van der Waals surface area contributed by atoms with Crippen molar-refractivity contribution in [3.63, 3.8) is 0 Å². The van der Waals surface area contributed by atoms with Crippen LogP contribution in [-0.2, 0) is 6.54 Å². The molecule has 3 aliphatic rings. The second-order valence-corrected chi connectivity index (χ2v) is 7.72. The van der Waals surface area contributed by atoms with Gasteiger partial charge in [-0.05, 0) is 57.1 Å². The Hall–Kier alpha value is -1.75. The molecule has 25 heavy (non-hydrogen) atoms. The Morgan fingerprint density at radius 3 is 2.72 bits per heavy atom. The van der Waals surface area contributed by atoms with Gasteiger partial charge in [-0.15, -0.1) is 0 Å². The number of carbonyl (C=O) groups is 1. The molecule has 2 amide bonds. The zero-order chi connectivity index (χ0) is 17.1. The van der Waals surface area contributed by atoms with E-state index in [1.165, 1.54) is 32.2 Å². The van der Waals surface area contributed by atoms with Crippen LogP contribution in [0.1, 0.15) is 44.1 Å². The van der Waals surface area contributed by atoms with Crippen molar-refractivity contribution >= 4 is 6.03 Å². The second-order valence-electron chi connectivity index (χ2n) is 7.72. The molecule has 0 spiro atoms. The second kappa shape index (κ2) is 7.65. The van der Waals surface area contributed by atoms with Gasteiger partial charge < -0.3 is 20.3 Å². The fourth-order valence-electron chi connectivity index (χ4n) is 3.71. The summed E-state index contributed by atoms with van der Waals surface area (Å²) in [6.45, 7) is 3.62. The fourth-order valence-corrected chi connectivity index (χ4v) is 3.71. The molecule has 0 bridgehead atoms. The Kier molecular flexibility index (Phi) is 5.11. The predicted molar refractivity (Wildman–Crippen MR) is 97.6 cm³/mol. The monoisotopic (exact) mass is 343 g/mol. The van der Waals surface area contributed by atoms with E-state index in [-0.39, 0.29) is 6.03 Å². The van der Waals surface area contributed by atoms with Crippen LogP contribution in [-0.4, -0.2) is 42.7 Å².